The smallest absolute Gasteiger partial charge is 0.348 e. The van der Waals surface area contributed by atoms with E-state index in [9.17, 15) is 14.7 Å². The number of benzene rings is 1. The molecule has 1 aromatic heterocycles. The van der Waals surface area contributed by atoms with Crippen molar-refractivity contribution < 1.29 is 9.90 Å². The van der Waals surface area contributed by atoms with Gasteiger partial charge in [0, 0.05) is 30.2 Å². The number of carbonyl (C=O) groups is 1. The van der Waals surface area contributed by atoms with Gasteiger partial charge in [-0.25, -0.2) is 9.78 Å². The Morgan fingerprint density at radius 2 is 1.97 bits per heavy atom. The number of carbonyl (C=O) groups excluding carboxylic acids is 1. The summed E-state index contributed by atoms with van der Waals surface area (Å²) in [6, 6.07) is 8.82. The van der Waals surface area contributed by atoms with Crippen LogP contribution in [0.5, 0.6) is 0 Å². The van der Waals surface area contributed by atoms with E-state index in [1.54, 1.807) is 19.2 Å². The molecule has 0 saturated carbocycles. The molecule has 33 heavy (non-hydrogen) atoms. The molecule has 1 amide bonds. The maximum absolute atomic E-state index is 12.5. The average molecular weight is 451 g/mol. The molecule has 0 radical (unpaired) electrons. The van der Waals surface area contributed by atoms with Crippen molar-refractivity contribution in [2.24, 2.45) is 0 Å². The zero-order valence-corrected chi connectivity index (χ0v) is 19.6. The number of amides is 1. The largest absolute Gasteiger partial charge is 0.387 e. The molecule has 3 N–H and O–H groups in total. The topological polar surface area (TPSA) is 96.2 Å². The third-order valence-electron chi connectivity index (χ3n) is 5.98. The van der Waals surface area contributed by atoms with Gasteiger partial charge in [-0.1, -0.05) is 37.3 Å². The first-order valence-corrected chi connectivity index (χ1v) is 11.6. The molecule has 1 aromatic carbocycles. The van der Waals surface area contributed by atoms with Crippen LogP contribution in [0.1, 0.15) is 51.6 Å². The van der Waals surface area contributed by atoms with Gasteiger partial charge >= 0.3 is 5.69 Å². The molecular weight excluding hydrogens is 416 g/mol. The van der Waals surface area contributed by atoms with Crippen molar-refractivity contribution in [3.63, 3.8) is 0 Å². The fourth-order valence-electron chi connectivity index (χ4n) is 4.06. The zero-order valence-electron chi connectivity index (χ0n) is 19.6. The van der Waals surface area contributed by atoms with Crippen LogP contribution in [0.3, 0.4) is 0 Å². The van der Waals surface area contributed by atoms with E-state index >= 15 is 0 Å². The van der Waals surface area contributed by atoms with Crippen LogP contribution in [0.25, 0.3) is 0 Å². The number of aliphatic hydroxyl groups excluding tert-OH is 1. The Labute approximate surface area is 195 Å². The summed E-state index contributed by atoms with van der Waals surface area (Å²) in [6.45, 7) is 5.86. The van der Waals surface area contributed by atoms with Crippen LogP contribution in [0.2, 0.25) is 0 Å². The lowest BCUT2D eigenvalue weighted by molar-refractivity contribution is -0.118. The molecule has 1 aliphatic rings. The summed E-state index contributed by atoms with van der Waals surface area (Å²) < 4.78 is 1.30. The first-order valence-electron chi connectivity index (χ1n) is 11.6. The number of anilines is 1. The number of allylic oxidation sites excluding steroid dienone is 2. The van der Waals surface area contributed by atoms with E-state index in [4.69, 9.17) is 0 Å². The van der Waals surface area contributed by atoms with Gasteiger partial charge < -0.3 is 15.7 Å². The lowest BCUT2D eigenvalue weighted by atomic mass is 9.94. The zero-order chi connectivity index (χ0) is 23.8. The van der Waals surface area contributed by atoms with Crippen molar-refractivity contribution in [1.29, 1.82) is 0 Å². The standard InChI is InChI=1S/C26H34N4O3/c1-4-23(24(31)21-9-6-5-7-10-21)28-18(2)17-20-11-13-22(14-12-20)29-25(32)19(3)30-16-8-15-27-26(30)33/h6,8-16,18-19,23-24,28,31H,4-5,7,17H2,1-3H3,(H,29,32)/t18-,19?,23+,24?/m0/s1. The summed E-state index contributed by atoms with van der Waals surface area (Å²) in [4.78, 5) is 28.1. The van der Waals surface area contributed by atoms with Crippen molar-refractivity contribution in [3.05, 3.63) is 82.6 Å². The van der Waals surface area contributed by atoms with Crippen molar-refractivity contribution in [2.75, 3.05) is 5.32 Å². The maximum Gasteiger partial charge on any atom is 0.348 e. The normalized spacial score (nSPS) is 17.0. The van der Waals surface area contributed by atoms with Crippen LogP contribution in [0.4, 0.5) is 5.69 Å². The van der Waals surface area contributed by atoms with Crippen molar-refractivity contribution in [3.8, 4) is 0 Å². The number of nitrogens with one attached hydrogen (secondary N) is 2. The Balaban J connectivity index is 1.54. The Kier molecular flexibility index (Phi) is 8.74. The molecule has 4 atom stereocenters. The first-order chi connectivity index (χ1) is 15.9. The summed E-state index contributed by atoms with van der Waals surface area (Å²) in [5.74, 6) is -0.279. The Hall–Kier alpha value is -3.03. The van der Waals surface area contributed by atoms with Crippen LogP contribution < -0.4 is 16.3 Å². The van der Waals surface area contributed by atoms with E-state index in [2.05, 4.69) is 41.6 Å². The van der Waals surface area contributed by atoms with Gasteiger partial charge in [-0.05, 0) is 68.9 Å². The molecule has 2 aromatic rings. The van der Waals surface area contributed by atoms with Crippen LogP contribution in [-0.4, -0.2) is 38.8 Å². The molecule has 0 fully saturated rings. The molecule has 0 spiro atoms. The number of hydrogen-bond donors (Lipinski definition) is 3. The summed E-state index contributed by atoms with van der Waals surface area (Å²) in [5.41, 5.74) is 2.34. The van der Waals surface area contributed by atoms with E-state index in [-0.39, 0.29) is 18.0 Å². The van der Waals surface area contributed by atoms with Gasteiger partial charge in [0.25, 0.3) is 0 Å². The number of rotatable bonds is 10. The monoisotopic (exact) mass is 450 g/mol. The summed E-state index contributed by atoms with van der Waals surface area (Å²) in [6.07, 6.45) is 12.4. The van der Waals surface area contributed by atoms with Gasteiger partial charge in [-0.15, -0.1) is 0 Å². The summed E-state index contributed by atoms with van der Waals surface area (Å²) in [7, 11) is 0. The number of nitrogens with zero attached hydrogens (tertiary/aromatic N) is 2. The third-order valence-corrected chi connectivity index (χ3v) is 5.98. The van der Waals surface area contributed by atoms with E-state index in [0.717, 1.165) is 36.8 Å². The Bertz CT molecular complexity index is 1040. The van der Waals surface area contributed by atoms with Gasteiger partial charge in [0.15, 0.2) is 0 Å². The number of aromatic nitrogens is 2. The molecule has 176 valence electrons. The lowest BCUT2D eigenvalue weighted by Gasteiger charge is -2.28. The third kappa shape index (κ3) is 6.73. The van der Waals surface area contributed by atoms with E-state index in [1.807, 2.05) is 30.3 Å². The fraction of sp³-hybridized carbons (Fsp3) is 0.423. The van der Waals surface area contributed by atoms with Gasteiger partial charge in [0.05, 0.1) is 6.10 Å². The average Bonchev–Trinajstić information content (AvgIpc) is 2.83. The molecule has 1 aliphatic carbocycles. The molecule has 7 nitrogen and oxygen atoms in total. The van der Waals surface area contributed by atoms with Gasteiger partial charge in [0.1, 0.15) is 6.04 Å². The highest BCUT2D eigenvalue weighted by atomic mass is 16.3. The SMILES string of the molecule is CC[C@@H](N[C@@H](C)Cc1ccc(NC(=O)C(C)n2cccnc2=O)cc1)C(O)C1=CCCC=C1. The summed E-state index contributed by atoms with van der Waals surface area (Å²) >= 11 is 0. The second-order valence-electron chi connectivity index (χ2n) is 8.59. The number of hydrogen-bond acceptors (Lipinski definition) is 5. The van der Waals surface area contributed by atoms with Crippen molar-refractivity contribution >= 4 is 11.6 Å². The molecule has 0 saturated heterocycles. The second-order valence-corrected chi connectivity index (χ2v) is 8.59. The van der Waals surface area contributed by atoms with Crippen LogP contribution in [0, 0.1) is 0 Å². The lowest BCUT2D eigenvalue weighted by Crippen LogP contribution is -2.45. The maximum atomic E-state index is 12.5. The minimum Gasteiger partial charge on any atom is -0.387 e. The van der Waals surface area contributed by atoms with Crippen LogP contribution >= 0.6 is 0 Å². The van der Waals surface area contributed by atoms with Gasteiger partial charge in [-0.2, -0.15) is 0 Å². The van der Waals surface area contributed by atoms with Gasteiger partial charge in [-0.3, -0.25) is 9.36 Å². The highest BCUT2D eigenvalue weighted by Gasteiger charge is 2.22. The summed E-state index contributed by atoms with van der Waals surface area (Å²) in [5, 5.41) is 17.2. The molecule has 3 rings (SSSR count). The molecular formula is C26H34N4O3. The Morgan fingerprint density at radius 3 is 2.61 bits per heavy atom. The van der Waals surface area contributed by atoms with E-state index in [0.29, 0.717) is 5.69 Å². The van der Waals surface area contributed by atoms with Crippen molar-refractivity contribution in [1.82, 2.24) is 14.9 Å². The predicted molar refractivity (Wildman–Crippen MR) is 131 cm³/mol. The quantitative estimate of drug-likeness (QED) is 0.516. The van der Waals surface area contributed by atoms with Crippen LogP contribution in [-0.2, 0) is 11.2 Å². The Morgan fingerprint density at radius 1 is 1.21 bits per heavy atom. The molecule has 2 unspecified atom stereocenters. The van der Waals surface area contributed by atoms with Gasteiger partial charge in [0.2, 0.25) is 5.91 Å². The number of aliphatic hydroxyl groups is 1. The first kappa shape index (κ1) is 24.6. The fourth-order valence-corrected chi connectivity index (χ4v) is 4.06. The molecule has 7 heteroatoms. The van der Waals surface area contributed by atoms with Crippen LogP contribution in [0.15, 0.2) is 71.3 Å². The highest BCUT2D eigenvalue weighted by Crippen LogP contribution is 2.19. The van der Waals surface area contributed by atoms with Crippen molar-refractivity contribution in [2.45, 2.75) is 70.7 Å². The van der Waals surface area contributed by atoms with E-state index in [1.165, 1.54) is 10.8 Å². The predicted octanol–water partition coefficient (Wildman–Crippen LogP) is 3.38. The molecule has 1 heterocycles. The minimum absolute atomic E-state index is 0.00932. The second kappa shape index (κ2) is 11.7. The minimum atomic E-state index is -0.665. The molecule has 0 bridgehead atoms. The van der Waals surface area contributed by atoms with E-state index < -0.39 is 17.8 Å². The molecule has 0 aliphatic heterocycles. The highest BCUT2D eigenvalue weighted by molar-refractivity contribution is 5.93.